The van der Waals surface area contributed by atoms with Crippen molar-refractivity contribution in [3.05, 3.63) is 23.8 Å². The van der Waals surface area contributed by atoms with Crippen molar-refractivity contribution in [2.75, 3.05) is 13.4 Å². The second-order valence-electron chi connectivity index (χ2n) is 2.90. The Balaban J connectivity index is 0.000000980. The first kappa shape index (κ1) is 11.1. The summed E-state index contributed by atoms with van der Waals surface area (Å²) < 4.78 is 10.3. The topological polar surface area (TPSA) is 64.7 Å². The smallest absolute Gasteiger partial charge is 0.231 e. The van der Waals surface area contributed by atoms with E-state index in [1.807, 2.05) is 6.07 Å². The van der Waals surface area contributed by atoms with Crippen LogP contribution in [-0.2, 0) is 0 Å². The molecule has 2 rings (SSSR count). The number of nitrogens with two attached hydrogens (primary N) is 1. The van der Waals surface area contributed by atoms with Crippen LogP contribution in [0.15, 0.2) is 18.2 Å². The normalized spacial score (nSPS) is 14.7. The van der Waals surface area contributed by atoms with Gasteiger partial charge in [0, 0.05) is 0 Å². The molecule has 0 aliphatic carbocycles. The lowest BCUT2D eigenvalue weighted by atomic mass is 10.1. The molecule has 0 saturated heterocycles. The summed E-state index contributed by atoms with van der Waals surface area (Å²) in [5.41, 5.74) is 6.50. The van der Waals surface area contributed by atoms with Crippen LogP contribution in [0.3, 0.4) is 0 Å². The molecule has 0 fully saturated rings. The van der Waals surface area contributed by atoms with Crippen LogP contribution in [0.4, 0.5) is 0 Å². The summed E-state index contributed by atoms with van der Waals surface area (Å²) in [6.07, 6.45) is 0. The highest BCUT2D eigenvalue weighted by Crippen LogP contribution is 2.33. The monoisotopic (exact) mass is 217 g/mol. The fraction of sp³-hybridized carbons (Fsp3) is 0.333. The van der Waals surface area contributed by atoms with E-state index in [1.165, 1.54) is 0 Å². The van der Waals surface area contributed by atoms with Crippen molar-refractivity contribution >= 4 is 12.4 Å². The van der Waals surface area contributed by atoms with E-state index < -0.39 is 0 Å². The number of aliphatic hydroxyl groups excluding tert-OH is 1. The number of aliphatic hydroxyl groups is 1. The van der Waals surface area contributed by atoms with Gasteiger partial charge in [-0.15, -0.1) is 12.4 Å². The number of ether oxygens (including phenoxy) is 2. The number of benzene rings is 1. The molecule has 3 N–H and O–H groups in total. The number of hydrogen-bond donors (Lipinski definition) is 2. The average molecular weight is 218 g/mol. The third-order valence-corrected chi connectivity index (χ3v) is 2.02. The number of fused-ring (bicyclic) bond motifs is 1. The Morgan fingerprint density at radius 3 is 2.79 bits per heavy atom. The standard InChI is InChI=1S/C9H11NO3.ClH/c10-7(4-11)6-1-2-8-9(3-6)13-5-12-8;/h1-3,7,11H,4-5,10H2;1H/t7-;/m0./s1. The zero-order valence-electron chi connectivity index (χ0n) is 7.47. The van der Waals surface area contributed by atoms with Crippen molar-refractivity contribution in [1.29, 1.82) is 0 Å². The van der Waals surface area contributed by atoms with E-state index in [0.29, 0.717) is 5.75 Å². The van der Waals surface area contributed by atoms with E-state index in [2.05, 4.69) is 0 Å². The van der Waals surface area contributed by atoms with E-state index in [1.54, 1.807) is 12.1 Å². The fourth-order valence-corrected chi connectivity index (χ4v) is 1.25. The summed E-state index contributed by atoms with van der Waals surface area (Å²) >= 11 is 0. The zero-order chi connectivity index (χ0) is 9.26. The Labute approximate surface area is 88.0 Å². The first-order chi connectivity index (χ1) is 6.31. The van der Waals surface area contributed by atoms with Crippen molar-refractivity contribution in [3.8, 4) is 11.5 Å². The number of rotatable bonds is 2. The maximum Gasteiger partial charge on any atom is 0.231 e. The molecule has 0 spiro atoms. The molecule has 1 heterocycles. The molecule has 0 radical (unpaired) electrons. The van der Waals surface area contributed by atoms with E-state index >= 15 is 0 Å². The van der Waals surface area contributed by atoms with E-state index in [-0.39, 0.29) is 31.8 Å². The molecule has 14 heavy (non-hydrogen) atoms. The summed E-state index contributed by atoms with van der Waals surface area (Å²) in [5.74, 6) is 1.43. The van der Waals surface area contributed by atoms with Crippen LogP contribution in [0.2, 0.25) is 0 Å². The van der Waals surface area contributed by atoms with Gasteiger partial charge in [0.15, 0.2) is 11.5 Å². The molecule has 0 amide bonds. The second kappa shape index (κ2) is 4.50. The maximum absolute atomic E-state index is 8.84. The van der Waals surface area contributed by atoms with Gasteiger partial charge in [0.2, 0.25) is 6.79 Å². The third kappa shape index (κ3) is 1.92. The van der Waals surface area contributed by atoms with Gasteiger partial charge in [0.1, 0.15) is 0 Å². The highest BCUT2D eigenvalue weighted by atomic mass is 35.5. The van der Waals surface area contributed by atoms with Gasteiger partial charge in [-0.2, -0.15) is 0 Å². The molecular weight excluding hydrogens is 206 g/mol. The van der Waals surface area contributed by atoms with Gasteiger partial charge in [-0.1, -0.05) is 6.07 Å². The largest absolute Gasteiger partial charge is 0.454 e. The molecule has 1 atom stereocenters. The van der Waals surface area contributed by atoms with Crippen molar-refractivity contribution in [1.82, 2.24) is 0 Å². The summed E-state index contributed by atoms with van der Waals surface area (Å²) in [6, 6.07) is 5.07. The first-order valence-corrected chi connectivity index (χ1v) is 4.07. The summed E-state index contributed by atoms with van der Waals surface area (Å²) in [5, 5.41) is 8.84. The minimum atomic E-state index is -0.352. The molecule has 1 aromatic carbocycles. The van der Waals surface area contributed by atoms with Crippen molar-refractivity contribution in [2.24, 2.45) is 5.73 Å². The van der Waals surface area contributed by atoms with Crippen molar-refractivity contribution in [3.63, 3.8) is 0 Å². The van der Waals surface area contributed by atoms with Crippen LogP contribution in [0.1, 0.15) is 11.6 Å². The molecule has 78 valence electrons. The molecular formula is C9H12ClNO3. The highest BCUT2D eigenvalue weighted by molar-refractivity contribution is 5.85. The van der Waals surface area contributed by atoms with Gasteiger partial charge in [0.25, 0.3) is 0 Å². The first-order valence-electron chi connectivity index (χ1n) is 4.07. The van der Waals surface area contributed by atoms with Crippen molar-refractivity contribution in [2.45, 2.75) is 6.04 Å². The fourth-order valence-electron chi connectivity index (χ4n) is 1.25. The molecule has 5 heteroatoms. The van der Waals surface area contributed by atoms with Gasteiger partial charge < -0.3 is 20.3 Å². The lowest BCUT2D eigenvalue weighted by molar-refractivity contribution is 0.174. The minimum Gasteiger partial charge on any atom is -0.454 e. The Morgan fingerprint density at radius 1 is 1.36 bits per heavy atom. The molecule has 4 nitrogen and oxygen atoms in total. The predicted octanol–water partition coefficient (Wildman–Crippen LogP) is 0.829. The van der Waals surface area contributed by atoms with Gasteiger partial charge in [-0.25, -0.2) is 0 Å². The quantitative estimate of drug-likeness (QED) is 0.770. The van der Waals surface area contributed by atoms with Crippen LogP contribution in [-0.4, -0.2) is 18.5 Å². The Kier molecular flexibility index (Phi) is 3.57. The molecule has 1 aromatic rings. The second-order valence-corrected chi connectivity index (χ2v) is 2.90. The molecule has 1 aliphatic rings. The summed E-state index contributed by atoms with van der Waals surface area (Å²) in [6.45, 7) is 0.187. The van der Waals surface area contributed by atoms with Gasteiger partial charge in [0.05, 0.1) is 12.6 Å². The molecule has 0 aromatic heterocycles. The Morgan fingerprint density at radius 2 is 2.07 bits per heavy atom. The number of hydrogen-bond acceptors (Lipinski definition) is 4. The number of halogens is 1. The third-order valence-electron chi connectivity index (χ3n) is 2.02. The minimum absolute atomic E-state index is 0. The Hall–Kier alpha value is -0.970. The zero-order valence-corrected chi connectivity index (χ0v) is 8.29. The molecule has 0 saturated carbocycles. The highest BCUT2D eigenvalue weighted by Gasteiger charge is 2.15. The van der Waals surface area contributed by atoms with Gasteiger partial charge in [-0.05, 0) is 17.7 Å². The Bertz CT molecular complexity index is 319. The van der Waals surface area contributed by atoms with Gasteiger partial charge >= 0.3 is 0 Å². The van der Waals surface area contributed by atoms with Crippen LogP contribution in [0, 0.1) is 0 Å². The summed E-state index contributed by atoms with van der Waals surface area (Å²) in [4.78, 5) is 0. The van der Waals surface area contributed by atoms with Crippen LogP contribution in [0.5, 0.6) is 11.5 Å². The lowest BCUT2D eigenvalue weighted by Crippen LogP contribution is -2.14. The molecule has 1 aliphatic heterocycles. The van der Waals surface area contributed by atoms with E-state index in [4.69, 9.17) is 20.3 Å². The maximum atomic E-state index is 8.84. The molecule has 0 bridgehead atoms. The summed E-state index contributed by atoms with van der Waals surface area (Å²) in [7, 11) is 0. The van der Waals surface area contributed by atoms with Gasteiger partial charge in [-0.3, -0.25) is 0 Å². The van der Waals surface area contributed by atoms with Crippen LogP contribution < -0.4 is 15.2 Å². The SMILES string of the molecule is Cl.N[C@@H](CO)c1ccc2c(c1)OCO2. The van der Waals surface area contributed by atoms with Crippen LogP contribution in [0.25, 0.3) is 0 Å². The van der Waals surface area contributed by atoms with Crippen LogP contribution >= 0.6 is 12.4 Å². The van der Waals surface area contributed by atoms with Crippen molar-refractivity contribution < 1.29 is 14.6 Å². The lowest BCUT2D eigenvalue weighted by Gasteiger charge is -2.08. The molecule has 0 unspecified atom stereocenters. The predicted molar refractivity (Wildman–Crippen MR) is 53.8 cm³/mol. The van der Waals surface area contributed by atoms with E-state index in [0.717, 1.165) is 11.3 Å². The average Bonchev–Trinajstić information content (AvgIpc) is 2.63. The van der Waals surface area contributed by atoms with E-state index in [9.17, 15) is 0 Å².